The third kappa shape index (κ3) is 6.94. The van der Waals surface area contributed by atoms with Crippen LogP contribution in [0.4, 0.5) is 0 Å². The number of carboxylic acids is 1. The molecule has 2 fully saturated rings. The van der Waals surface area contributed by atoms with Gasteiger partial charge in [0, 0.05) is 42.5 Å². The number of aliphatic carboxylic acids is 1. The van der Waals surface area contributed by atoms with Crippen molar-refractivity contribution in [3.63, 3.8) is 0 Å². The molecular weight excluding hydrogens is 522 g/mol. The van der Waals surface area contributed by atoms with E-state index in [0.717, 1.165) is 41.4 Å². The second kappa shape index (κ2) is 13.0. The summed E-state index contributed by atoms with van der Waals surface area (Å²) in [7, 11) is 0. The maximum absolute atomic E-state index is 13.7. The molecule has 3 aromatic rings. The number of fused-ring (bicyclic) bond motifs is 1. The highest BCUT2D eigenvalue weighted by molar-refractivity contribution is 5.92. The molecule has 10 nitrogen and oxygen atoms in total. The number of carbonyl (C=O) groups excluding carboxylic acids is 3. The number of hydrogen-bond donors (Lipinski definition) is 5. The predicted octanol–water partition coefficient (Wildman–Crippen LogP) is 2.14. The number of amides is 3. The Bertz CT molecular complexity index is 1380. The first-order valence-corrected chi connectivity index (χ1v) is 14.3. The van der Waals surface area contributed by atoms with Crippen LogP contribution in [0.3, 0.4) is 0 Å². The van der Waals surface area contributed by atoms with E-state index in [0.29, 0.717) is 25.8 Å². The Hall–Kier alpha value is -4.18. The molecule has 41 heavy (non-hydrogen) atoms. The standard InChI is InChI=1S/C31H37N5O5/c37-28(18-22(16-20-8-2-1-3-9-20)34-29(38)25-12-6-14-32-25)35-26(30(39)36-15-7-13-27(36)31(40)41)17-21-19-33-24-11-5-4-10-23(21)24/h1-5,8-11,19,22,25-27,32-33H,6-7,12-18H2,(H,34,38)(H,35,37)(H,40,41)/t22?,25-,26-,27-/m0/s1. The highest BCUT2D eigenvalue weighted by Crippen LogP contribution is 2.23. The summed E-state index contributed by atoms with van der Waals surface area (Å²) < 4.78 is 0. The van der Waals surface area contributed by atoms with Gasteiger partial charge in [-0.2, -0.15) is 0 Å². The number of H-pyrrole nitrogens is 1. The zero-order valence-electron chi connectivity index (χ0n) is 23.0. The lowest BCUT2D eigenvalue weighted by Crippen LogP contribution is -2.54. The number of para-hydroxylation sites is 1. The van der Waals surface area contributed by atoms with Crippen LogP contribution >= 0.6 is 0 Å². The summed E-state index contributed by atoms with van der Waals surface area (Å²) in [6, 6.07) is 14.7. The van der Waals surface area contributed by atoms with Gasteiger partial charge in [0.15, 0.2) is 0 Å². The predicted molar refractivity (Wildman–Crippen MR) is 154 cm³/mol. The largest absolute Gasteiger partial charge is 0.480 e. The van der Waals surface area contributed by atoms with Crippen LogP contribution in [-0.2, 0) is 32.0 Å². The minimum absolute atomic E-state index is 0.0205. The van der Waals surface area contributed by atoms with E-state index >= 15 is 0 Å². The normalized spacial score (nSPS) is 20.0. The molecule has 1 aromatic heterocycles. The van der Waals surface area contributed by atoms with Gasteiger partial charge in [-0.15, -0.1) is 0 Å². The fourth-order valence-corrected chi connectivity index (χ4v) is 5.97. The molecular formula is C31H37N5O5. The fraction of sp³-hybridized carbons (Fsp3) is 0.419. The second-order valence-corrected chi connectivity index (χ2v) is 11.0. The minimum atomic E-state index is -1.04. The summed E-state index contributed by atoms with van der Waals surface area (Å²) in [4.78, 5) is 56.6. The molecule has 2 saturated heterocycles. The van der Waals surface area contributed by atoms with Gasteiger partial charge in [-0.25, -0.2) is 4.79 Å². The molecule has 0 radical (unpaired) electrons. The minimum Gasteiger partial charge on any atom is -0.480 e. The van der Waals surface area contributed by atoms with Crippen LogP contribution in [0.15, 0.2) is 60.8 Å². The van der Waals surface area contributed by atoms with Crippen LogP contribution in [-0.4, -0.2) is 75.9 Å². The summed E-state index contributed by atoms with van der Waals surface area (Å²) in [6.07, 6.45) is 5.12. The van der Waals surface area contributed by atoms with Gasteiger partial charge in [0.05, 0.1) is 6.04 Å². The Kier molecular flexibility index (Phi) is 8.98. The Morgan fingerprint density at radius 1 is 0.951 bits per heavy atom. The van der Waals surface area contributed by atoms with E-state index in [-0.39, 0.29) is 30.7 Å². The number of aromatic amines is 1. The van der Waals surface area contributed by atoms with Gasteiger partial charge in [0.25, 0.3) is 0 Å². The van der Waals surface area contributed by atoms with Gasteiger partial charge in [0.2, 0.25) is 17.7 Å². The molecule has 1 unspecified atom stereocenters. The second-order valence-electron chi connectivity index (χ2n) is 11.0. The summed E-state index contributed by atoms with van der Waals surface area (Å²) >= 11 is 0. The third-order valence-corrected chi connectivity index (χ3v) is 8.03. The number of carbonyl (C=O) groups is 4. The van der Waals surface area contributed by atoms with Crippen LogP contribution in [0, 0.1) is 0 Å². The first-order valence-electron chi connectivity index (χ1n) is 14.3. The van der Waals surface area contributed by atoms with E-state index in [1.165, 1.54) is 4.90 Å². The number of carboxylic acid groups (broad SMARTS) is 1. The van der Waals surface area contributed by atoms with E-state index < -0.39 is 30.0 Å². The van der Waals surface area contributed by atoms with Crippen molar-refractivity contribution in [3.05, 3.63) is 71.9 Å². The Balaban J connectivity index is 1.34. The summed E-state index contributed by atoms with van der Waals surface area (Å²) in [6.45, 7) is 1.12. The van der Waals surface area contributed by atoms with Gasteiger partial charge in [0.1, 0.15) is 12.1 Å². The lowest BCUT2D eigenvalue weighted by atomic mass is 10.0. The molecule has 2 aromatic carbocycles. The highest BCUT2D eigenvalue weighted by atomic mass is 16.4. The number of nitrogens with one attached hydrogen (secondary N) is 4. The van der Waals surface area contributed by atoms with Crippen molar-refractivity contribution < 1.29 is 24.3 Å². The monoisotopic (exact) mass is 559 g/mol. The summed E-state index contributed by atoms with van der Waals surface area (Å²) in [5.41, 5.74) is 2.75. The lowest BCUT2D eigenvalue weighted by Gasteiger charge is -2.28. The Morgan fingerprint density at radius 2 is 1.73 bits per heavy atom. The van der Waals surface area contributed by atoms with Crippen LogP contribution in [0.1, 0.15) is 43.2 Å². The molecule has 4 atom stereocenters. The van der Waals surface area contributed by atoms with Crippen LogP contribution in [0.2, 0.25) is 0 Å². The molecule has 0 aliphatic carbocycles. The van der Waals surface area contributed by atoms with Gasteiger partial charge in [-0.1, -0.05) is 48.5 Å². The van der Waals surface area contributed by atoms with E-state index in [2.05, 4.69) is 20.9 Å². The van der Waals surface area contributed by atoms with Gasteiger partial charge < -0.3 is 30.9 Å². The maximum Gasteiger partial charge on any atom is 0.326 e. The molecule has 0 saturated carbocycles. The lowest BCUT2D eigenvalue weighted by molar-refractivity contribution is -0.149. The number of likely N-dealkylation sites (tertiary alicyclic amines) is 1. The maximum atomic E-state index is 13.7. The molecule has 0 spiro atoms. The van der Waals surface area contributed by atoms with E-state index in [1.54, 1.807) is 0 Å². The third-order valence-electron chi connectivity index (χ3n) is 8.03. The Morgan fingerprint density at radius 3 is 2.49 bits per heavy atom. The van der Waals surface area contributed by atoms with Crippen molar-refractivity contribution in [2.24, 2.45) is 0 Å². The van der Waals surface area contributed by atoms with Crippen molar-refractivity contribution in [2.75, 3.05) is 13.1 Å². The zero-order valence-corrected chi connectivity index (χ0v) is 23.0. The average Bonchev–Trinajstić information content (AvgIpc) is 3.74. The molecule has 2 aliphatic rings. The molecule has 216 valence electrons. The molecule has 10 heteroatoms. The zero-order chi connectivity index (χ0) is 28.8. The first kappa shape index (κ1) is 28.4. The summed E-state index contributed by atoms with van der Waals surface area (Å²) in [5, 5.41) is 19.8. The quantitative estimate of drug-likeness (QED) is 0.244. The van der Waals surface area contributed by atoms with Gasteiger partial charge in [-0.3, -0.25) is 14.4 Å². The molecule has 3 heterocycles. The van der Waals surface area contributed by atoms with Gasteiger partial charge in [-0.05, 0) is 55.8 Å². The molecule has 2 aliphatic heterocycles. The van der Waals surface area contributed by atoms with Crippen LogP contribution in [0.5, 0.6) is 0 Å². The first-order chi connectivity index (χ1) is 19.9. The molecule has 0 bridgehead atoms. The Labute approximate surface area is 238 Å². The molecule has 5 N–H and O–H groups in total. The van der Waals surface area contributed by atoms with Crippen LogP contribution in [0.25, 0.3) is 10.9 Å². The van der Waals surface area contributed by atoms with Crippen molar-refractivity contribution in [3.8, 4) is 0 Å². The SMILES string of the molecule is O=C(CC(Cc1ccccc1)NC(=O)[C@@H]1CCCN1)N[C@@H](Cc1c[nH]c2ccccc12)C(=O)N1CCC[C@H]1C(=O)O. The number of aromatic nitrogens is 1. The van der Waals surface area contributed by atoms with Gasteiger partial charge >= 0.3 is 5.97 Å². The van der Waals surface area contributed by atoms with Crippen molar-refractivity contribution in [2.45, 2.75) is 69.1 Å². The number of benzene rings is 2. The van der Waals surface area contributed by atoms with E-state index in [1.807, 2.05) is 60.8 Å². The van der Waals surface area contributed by atoms with Crippen molar-refractivity contribution in [1.82, 2.24) is 25.8 Å². The highest BCUT2D eigenvalue weighted by Gasteiger charge is 2.38. The van der Waals surface area contributed by atoms with E-state index in [9.17, 15) is 24.3 Å². The molecule has 3 amide bonds. The van der Waals surface area contributed by atoms with Crippen molar-refractivity contribution >= 4 is 34.6 Å². The smallest absolute Gasteiger partial charge is 0.326 e. The van der Waals surface area contributed by atoms with Crippen LogP contribution < -0.4 is 16.0 Å². The number of nitrogens with zero attached hydrogens (tertiary/aromatic N) is 1. The average molecular weight is 560 g/mol. The van der Waals surface area contributed by atoms with Crippen molar-refractivity contribution in [1.29, 1.82) is 0 Å². The topological polar surface area (TPSA) is 144 Å². The van der Waals surface area contributed by atoms with E-state index in [4.69, 9.17) is 0 Å². The summed E-state index contributed by atoms with van der Waals surface area (Å²) in [5.74, 6) is -1.97. The number of hydrogen-bond acceptors (Lipinski definition) is 5. The number of rotatable bonds is 11. The molecule has 5 rings (SSSR count). The fourth-order valence-electron chi connectivity index (χ4n) is 5.97.